The Labute approximate surface area is 113 Å². The molecule has 2 unspecified atom stereocenters. The van der Waals surface area contributed by atoms with Crippen LogP contribution in [0, 0.1) is 5.92 Å². The maximum Gasteiger partial charge on any atom is 0.313 e. The van der Waals surface area contributed by atoms with Gasteiger partial charge in [-0.1, -0.05) is 20.3 Å². The van der Waals surface area contributed by atoms with Crippen LogP contribution in [0.2, 0.25) is 0 Å². The molecule has 0 saturated carbocycles. The van der Waals surface area contributed by atoms with Gasteiger partial charge in [0.1, 0.15) is 0 Å². The SMILES string of the molecule is CCCC(C)C1CCCN1C(=O)CSCC(=O)O. The lowest BCUT2D eigenvalue weighted by Crippen LogP contribution is -2.40. The molecule has 5 heteroatoms. The molecule has 1 rings (SSSR count). The Morgan fingerprint density at radius 3 is 2.78 bits per heavy atom. The Bertz CT molecular complexity index is 296. The van der Waals surface area contributed by atoms with E-state index in [4.69, 9.17) is 5.11 Å². The van der Waals surface area contributed by atoms with Crippen LogP contribution in [0.5, 0.6) is 0 Å². The smallest absolute Gasteiger partial charge is 0.313 e. The molecule has 1 saturated heterocycles. The first-order valence-electron chi connectivity index (χ1n) is 6.65. The minimum absolute atomic E-state index is 0.00869. The van der Waals surface area contributed by atoms with Crippen molar-refractivity contribution in [2.45, 2.75) is 45.6 Å². The number of hydrogen-bond donors (Lipinski definition) is 1. The standard InChI is InChI=1S/C13H23NO3S/c1-3-5-10(2)11-6-4-7-14(11)12(15)8-18-9-13(16)17/h10-11H,3-9H2,1-2H3,(H,16,17). The number of amides is 1. The van der Waals surface area contributed by atoms with Crippen molar-refractivity contribution in [2.24, 2.45) is 5.92 Å². The quantitative estimate of drug-likeness (QED) is 0.773. The monoisotopic (exact) mass is 273 g/mol. The van der Waals surface area contributed by atoms with E-state index in [0.29, 0.717) is 17.7 Å². The number of aliphatic carboxylic acids is 1. The normalized spacial score (nSPS) is 21.0. The van der Waals surface area contributed by atoms with Crippen LogP contribution in [0.4, 0.5) is 0 Å². The Balaban J connectivity index is 2.42. The third kappa shape index (κ3) is 4.52. The second-order valence-corrected chi connectivity index (χ2v) is 5.93. The Morgan fingerprint density at radius 2 is 2.17 bits per heavy atom. The van der Waals surface area contributed by atoms with E-state index in [1.54, 1.807) is 0 Å². The molecular weight excluding hydrogens is 250 g/mol. The van der Waals surface area contributed by atoms with Gasteiger partial charge in [-0.25, -0.2) is 0 Å². The lowest BCUT2D eigenvalue weighted by Gasteiger charge is -2.29. The van der Waals surface area contributed by atoms with Gasteiger partial charge in [-0.2, -0.15) is 0 Å². The summed E-state index contributed by atoms with van der Waals surface area (Å²) in [6.45, 7) is 5.22. The minimum atomic E-state index is -0.856. The minimum Gasteiger partial charge on any atom is -0.481 e. The zero-order valence-electron chi connectivity index (χ0n) is 11.2. The maximum atomic E-state index is 12.1. The number of thioether (sulfide) groups is 1. The fourth-order valence-electron chi connectivity index (χ4n) is 2.65. The highest BCUT2D eigenvalue weighted by atomic mass is 32.2. The third-order valence-electron chi connectivity index (χ3n) is 3.47. The van der Waals surface area contributed by atoms with Crippen LogP contribution >= 0.6 is 11.8 Å². The van der Waals surface area contributed by atoms with Crippen molar-refractivity contribution in [3.8, 4) is 0 Å². The van der Waals surface area contributed by atoms with Gasteiger partial charge in [0.15, 0.2) is 0 Å². The van der Waals surface area contributed by atoms with Crippen molar-refractivity contribution in [1.29, 1.82) is 0 Å². The van der Waals surface area contributed by atoms with E-state index in [0.717, 1.165) is 32.2 Å². The van der Waals surface area contributed by atoms with E-state index in [-0.39, 0.29) is 11.7 Å². The van der Waals surface area contributed by atoms with Gasteiger partial charge in [0.25, 0.3) is 0 Å². The second kappa shape index (κ2) is 7.67. The summed E-state index contributed by atoms with van der Waals surface area (Å²) >= 11 is 1.19. The van der Waals surface area contributed by atoms with E-state index in [1.807, 2.05) is 4.90 Å². The van der Waals surface area contributed by atoms with Crippen LogP contribution in [-0.4, -0.2) is 46.0 Å². The van der Waals surface area contributed by atoms with E-state index in [2.05, 4.69) is 13.8 Å². The average molecular weight is 273 g/mol. The number of rotatable bonds is 7. The molecule has 2 atom stereocenters. The Hall–Kier alpha value is -0.710. The Morgan fingerprint density at radius 1 is 1.44 bits per heavy atom. The summed E-state index contributed by atoms with van der Waals surface area (Å²) in [5, 5.41) is 8.56. The van der Waals surface area contributed by atoms with E-state index in [1.165, 1.54) is 11.8 Å². The number of likely N-dealkylation sites (tertiary alicyclic amines) is 1. The predicted molar refractivity (Wildman–Crippen MR) is 73.8 cm³/mol. The topological polar surface area (TPSA) is 57.6 Å². The summed E-state index contributed by atoms with van der Waals surface area (Å²) in [5.41, 5.74) is 0. The lowest BCUT2D eigenvalue weighted by molar-refractivity contribution is -0.133. The molecule has 0 aromatic rings. The largest absolute Gasteiger partial charge is 0.481 e. The molecule has 1 N–H and O–H groups in total. The number of hydrogen-bond acceptors (Lipinski definition) is 3. The van der Waals surface area contributed by atoms with Crippen molar-refractivity contribution in [3.05, 3.63) is 0 Å². The summed E-state index contributed by atoms with van der Waals surface area (Å²) in [7, 11) is 0. The van der Waals surface area contributed by atoms with Gasteiger partial charge < -0.3 is 10.0 Å². The van der Waals surface area contributed by atoms with Gasteiger partial charge in [0.2, 0.25) is 5.91 Å². The van der Waals surface area contributed by atoms with Gasteiger partial charge in [-0.15, -0.1) is 11.8 Å². The van der Waals surface area contributed by atoms with Gasteiger partial charge in [-0.3, -0.25) is 9.59 Å². The molecule has 1 aliphatic heterocycles. The molecule has 4 nitrogen and oxygen atoms in total. The summed E-state index contributed by atoms with van der Waals surface area (Å²) in [4.78, 5) is 24.4. The van der Waals surface area contributed by atoms with Crippen LogP contribution in [-0.2, 0) is 9.59 Å². The highest BCUT2D eigenvalue weighted by Gasteiger charge is 2.31. The first-order valence-corrected chi connectivity index (χ1v) is 7.80. The van der Waals surface area contributed by atoms with E-state index in [9.17, 15) is 9.59 Å². The number of carboxylic acid groups (broad SMARTS) is 1. The summed E-state index contributed by atoms with van der Waals surface area (Å²) in [6.07, 6.45) is 4.47. The fourth-order valence-corrected chi connectivity index (χ4v) is 3.27. The van der Waals surface area contributed by atoms with Gasteiger partial charge in [0, 0.05) is 12.6 Å². The molecule has 0 radical (unpaired) electrons. The van der Waals surface area contributed by atoms with Crippen LogP contribution in [0.3, 0.4) is 0 Å². The first kappa shape index (κ1) is 15.3. The van der Waals surface area contributed by atoms with Gasteiger partial charge in [-0.05, 0) is 25.2 Å². The summed E-state index contributed by atoms with van der Waals surface area (Å²) < 4.78 is 0. The van der Waals surface area contributed by atoms with Crippen molar-refractivity contribution in [2.75, 3.05) is 18.1 Å². The highest BCUT2D eigenvalue weighted by Crippen LogP contribution is 2.27. The molecule has 0 spiro atoms. The van der Waals surface area contributed by atoms with Crippen molar-refractivity contribution in [3.63, 3.8) is 0 Å². The number of carbonyl (C=O) groups is 2. The van der Waals surface area contributed by atoms with Crippen LogP contribution in [0.25, 0.3) is 0 Å². The van der Waals surface area contributed by atoms with Crippen molar-refractivity contribution in [1.82, 2.24) is 4.90 Å². The zero-order chi connectivity index (χ0) is 13.5. The molecule has 0 aromatic carbocycles. The van der Waals surface area contributed by atoms with E-state index >= 15 is 0 Å². The summed E-state index contributed by atoms with van der Waals surface area (Å²) in [5.74, 6) is 0.0962. The van der Waals surface area contributed by atoms with E-state index < -0.39 is 5.97 Å². The first-order chi connectivity index (χ1) is 8.56. The molecule has 104 valence electrons. The molecule has 1 amide bonds. The van der Waals surface area contributed by atoms with Crippen LogP contribution in [0.15, 0.2) is 0 Å². The molecule has 1 heterocycles. The average Bonchev–Trinajstić information content (AvgIpc) is 2.77. The number of carboxylic acids is 1. The molecule has 1 fully saturated rings. The van der Waals surface area contributed by atoms with Crippen LogP contribution < -0.4 is 0 Å². The zero-order valence-corrected chi connectivity index (χ0v) is 12.0. The second-order valence-electron chi connectivity index (χ2n) is 4.95. The van der Waals surface area contributed by atoms with Gasteiger partial charge >= 0.3 is 5.97 Å². The molecular formula is C13H23NO3S. The molecule has 1 aliphatic rings. The predicted octanol–water partition coefficient (Wildman–Crippen LogP) is 2.23. The fraction of sp³-hybridized carbons (Fsp3) is 0.846. The third-order valence-corrected chi connectivity index (χ3v) is 4.37. The van der Waals surface area contributed by atoms with Crippen molar-refractivity contribution < 1.29 is 14.7 Å². The molecule has 18 heavy (non-hydrogen) atoms. The molecule has 0 aromatic heterocycles. The number of nitrogens with zero attached hydrogens (tertiary/aromatic N) is 1. The number of carbonyl (C=O) groups excluding carboxylic acids is 1. The van der Waals surface area contributed by atoms with Crippen LogP contribution in [0.1, 0.15) is 39.5 Å². The molecule has 0 bridgehead atoms. The van der Waals surface area contributed by atoms with Crippen molar-refractivity contribution >= 4 is 23.6 Å². The maximum absolute atomic E-state index is 12.1. The van der Waals surface area contributed by atoms with Gasteiger partial charge in [0.05, 0.1) is 11.5 Å². The molecule has 0 aliphatic carbocycles. The lowest BCUT2D eigenvalue weighted by atomic mass is 9.95. The highest BCUT2D eigenvalue weighted by molar-refractivity contribution is 8.00. The Kier molecular flexibility index (Phi) is 6.54. The summed E-state index contributed by atoms with van der Waals surface area (Å²) in [6, 6.07) is 0.364.